The summed E-state index contributed by atoms with van der Waals surface area (Å²) in [5, 5.41) is 3.89. The average Bonchev–Trinajstić information content (AvgIpc) is 2.70. The summed E-state index contributed by atoms with van der Waals surface area (Å²) >= 11 is 0. The average molecular weight is 420 g/mol. The molecule has 0 aliphatic rings. The van der Waals surface area contributed by atoms with E-state index in [-0.39, 0.29) is 5.69 Å². The van der Waals surface area contributed by atoms with Crippen LogP contribution in [0.4, 0.5) is 5.69 Å². The number of methoxy groups -OCH3 is 1. The molecule has 0 spiro atoms. The number of rotatable bonds is 10. The summed E-state index contributed by atoms with van der Waals surface area (Å²) in [5.41, 5.74) is 3.38. The highest BCUT2D eigenvalue weighted by atomic mass is 32.2. The van der Waals surface area contributed by atoms with E-state index in [1.165, 1.54) is 13.3 Å². The zero-order chi connectivity index (χ0) is 21.3. The Morgan fingerprint density at radius 1 is 1.17 bits per heavy atom. The Kier molecular flexibility index (Phi) is 8.02. The number of sulfonamides is 1. The van der Waals surface area contributed by atoms with Crippen molar-refractivity contribution in [3.63, 3.8) is 0 Å². The van der Waals surface area contributed by atoms with Gasteiger partial charge in [0.25, 0.3) is 5.91 Å². The first-order chi connectivity index (χ1) is 13.8. The van der Waals surface area contributed by atoms with Crippen LogP contribution in [0.1, 0.15) is 18.9 Å². The molecule has 8 nitrogen and oxygen atoms in total. The van der Waals surface area contributed by atoms with E-state index in [1.54, 1.807) is 36.4 Å². The number of hydrogen-bond donors (Lipinski definition) is 1. The summed E-state index contributed by atoms with van der Waals surface area (Å²) in [6, 6.07) is 13.8. The number of hydrogen-bond acceptors (Lipinski definition) is 6. The van der Waals surface area contributed by atoms with Crippen LogP contribution in [-0.4, -0.2) is 47.1 Å². The van der Waals surface area contributed by atoms with Crippen LogP contribution in [0.15, 0.2) is 53.6 Å². The predicted molar refractivity (Wildman–Crippen MR) is 113 cm³/mol. The van der Waals surface area contributed by atoms with Crippen LogP contribution in [0.3, 0.4) is 0 Å². The zero-order valence-corrected chi connectivity index (χ0v) is 17.5. The molecule has 29 heavy (non-hydrogen) atoms. The molecular weight excluding hydrogens is 394 g/mol. The molecule has 0 unspecified atom stereocenters. The standard InChI is InChI=1S/C20H25N3O5S/c1-4-13-28-17-11-9-16(10-12-17)14-21-22-20(24)15-23(29(3,25)26)18-7-5-6-8-19(18)27-2/h5-12,14H,4,13,15H2,1-3H3,(H,22,24)/b21-14-. The van der Waals surface area contributed by atoms with Crippen LogP contribution in [0.25, 0.3) is 0 Å². The predicted octanol–water partition coefficient (Wildman–Crippen LogP) is 2.40. The third-order valence-corrected chi connectivity index (χ3v) is 4.92. The topological polar surface area (TPSA) is 97.3 Å². The molecule has 156 valence electrons. The lowest BCUT2D eigenvalue weighted by Crippen LogP contribution is -2.39. The summed E-state index contributed by atoms with van der Waals surface area (Å²) in [5.74, 6) is 0.522. The van der Waals surface area contributed by atoms with E-state index in [0.29, 0.717) is 12.4 Å². The normalized spacial score (nSPS) is 11.3. The van der Waals surface area contributed by atoms with Gasteiger partial charge >= 0.3 is 0 Å². The van der Waals surface area contributed by atoms with E-state index in [2.05, 4.69) is 10.5 Å². The van der Waals surface area contributed by atoms with E-state index in [1.807, 2.05) is 19.1 Å². The summed E-state index contributed by atoms with van der Waals surface area (Å²) in [6.45, 7) is 2.25. The van der Waals surface area contributed by atoms with Gasteiger partial charge in [-0.3, -0.25) is 9.10 Å². The number of nitrogens with zero attached hydrogens (tertiary/aromatic N) is 2. The van der Waals surface area contributed by atoms with Gasteiger partial charge in [-0.25, -0.2) is 13.8 Å². The third-order valence-electron chi connectivity index (χ3n) is 3.80. The van der Waals surface area contributed by atoms with Crippen molar-refractivity contribution in [3.05, 3.63) is 54.1 Å². The van der Waals surface area contributed by atoms with Crippen LogP contribution in [0, 0.1) is 0 Å². The Morgan fingerprint density at radius 3 is 2.48 bits per heavy atom. The van der Waals surface area contributed by atoms with Gasteiger partial charge in [-0.15, -0.1) is 0 Å². The van der Waals surface area contributed by atoms with Crippen LogP contribution in [0.5, 0.6) is 11.5 Å². The van der Waals surface area contributed by atoms with Gasteiger partial charge in [0.1, 0.15) is 18.0 Å². The first-order valence-electron chi connectivity index (χ1n) is 9.00. The number of anilines is 1. The minimum Gasteiger partial charge on any atom is -0.495 e. The number of hydrazone groups is 1. The van der Waals surface area contributed by atoms with Gasteiger partial charge in [0.05, 0.1) is 31.9 Å². The Balaban J connectivity index is 2.02. The lowest BCUT2D eigenvalue weighted by atomic mass is 10.2. The third kappa shape index (κ3) is 6.79. The highest BCUT2D eigenvalue weighted by molar-refractivity contribution is 7.92. The summed E-state index contributed by atoms with van der Waals surface area (Å²) < 4.78 is 36.0. The maximum absolute atomic E-state index is 12.2. The van der Waals surface area contributed by atoms with Gasteiger partial charge < -0.3 is 9.47 Å². The van der Waals surface area contributed by atoms with Crippen molar-refractivity contribution >= 4 is 27.8 Å². The number of para-hydroxylation sites is 2. The van der Waals surface area contributed by atoms with Gasteiger partial charge in [0.15, 0.2) is 0 Å². The van der Waals surface area contributed by atoms with Gasteiger partial charge in [-0.1, -0.05) is 19.1 Å². The van der Waals surface area contributed by atoms with Crippen molar-refractivity contribution in [1.29, 1.82) is 0 Å². The van der Waals surface area contributed by atoms with E-state index < -0.39 is 22.5 Å². The molecule has 0 aliphatic carbocycles. The molecule has 0 aromatic heterocycles. The van der Waals surface area contributed by atoms with Gasteiger partial charge in [0, 0.05) is 0 Å². The summed E-state index contributed by atoms with van der Waals surface area (Å²) in [7, 11) is -2.28. The molecule has 0 radical (unpaired) electrons. The Bertz CT molecular complexity index is 943. The van der Waals surface area contributed by atoms with E-state index in [9.17, 15) is 13.2 Å². The number of carbonyl (C=O) groups excluding carboxylic acids is 1. The summed E-state index contributed by atoms with van der Waals surface area (Å²) in [4.78, 5) is 12.2. The molecule has 2 aromatic rings. The quantitative estimate of drug-likeness (QED) is 0.471. The molecule has 9 heteroatoms. The molecule has 0 saturated carbocycles. The van der Waals surface area contributed by atoms with E-state index >= 15 is 0 Å². The second kappa shape index (κ2) is 10.5. The van der Waals surface area contributed by atoms with Crippen molar-refractivity contribution in [1.82, 2.24) is 5.43 Å². The second-order valence-electron chi connectivity index (χ2n) is 6.15. The maximum atomic E-state index is 12.2. The van der Waals surface area contributed by atoms with E-state index in [4.69, 9.17) is 9.47 Å². The molecule has 2 rings (SSSR count). The fourth-order valence-corrected chi connectivity index (χ4v) is 3.29. The smallest absolute Gasteiger partial charge is 0.260 e. The van der Waals surface area contributed by atoms with Crippen LogP contribution < -0.4 is 19.2 Å². The molecule has 1 amide bonds. The minimum atomic E-state index is -3.71. The van der Waals surface area contributed by atoms with Crippen molar-refractivity contribution < 1.29 is 22.7 Å². The van der Waals surface area contributed by atoms with Crippen molar-refractivity contribution in [2.24, 2.45) is 5.10 Å². The lowest BCUT2D eigenvalue weighted by Gasteiger charge is -2.23. The highest BCUT2D eigenvalue weighted by Crippen LogP contribution is 2.29. The second-order valence-corrected chi connectivity index (χ2v) is 8.06. The highest BCUT2D eigenvalue weighted by Gasteiger charge is 2.23. The number of ether oxygens (including phenoxy) is 2. The Hall–Kier alpha value is -3.07. The maximum Gasteiger partial charge on any atom is 0.260 e. The van der Waals surface area contributed by atoms with Crippen LogP contribution in [0.2, 0.25) is 0 Å². The zero-order valence-electron chi connectivity index (χ0n) is 16.7. The SMILES string of the molecule is CCCOc1ccc(/C=N\NC(=O)CN(c2ccccc2OC)S(C)(=O)=O)cc1. The van der Waals surface area contributed by atoms with Crippen molar-refractivity contribution in [2.75, 3.05) is 30.8 Å². The molecular formula is C20H25N3O5S. The molecule has 0 heterocycles. The molecule has 0 aliphatic heterocycles. The van der Waals surface area contributed by atoms with Crippen molar-refractivity contribution in [2.45, 2.75) is 13.3 Å². The monoisotopic (exact) mass is 419 g/mol. The van der Waals surface area contributed by atoms with Crippen molar-refractivity contribution in [3.8, 4) is 11.5 Å². The molecule has 0 fully saturated rings. The first kappa shape index (κ1) is 22.2. The molecule has 0 bridgehead atoms. The van der Waals surface area contributed by atoms with Crippen LogP contribution in [-0.2, 0) is 14.8 Å². The molecule has 0 saturated heterocycles. The summed E-state index contributed by atoms with van der Waals surface area (Å²) in [6.07, 6.45) is 3.42. The first-order valence-corrected chi connectivity index (χ1v) is 10.9. The van der Waals surface area contributed by atoms with Gasteiger partial charge in [0.2, 0.25) is 10.0 Å². The van der Waals surface area contributed by atoms with Gasteiger partial charge in [-0.05, 0) is 48.4 Å². The lowest BCUT2D eigenvalue weighted by molar-refractivity contribution is -0.119. The largest absolute Gasteiger partial charge is 0.495 e. The Morgan fingerprint density at radius 2 is 1.86 bits per heavy atom. The molecule has 2 aromatic carbocycles. The molecule has 0 atom stereocenters. The number of amides is 1. The number of nitrogens with one attached hydrogen (secondary N) is 1. The van der Waals surface area contributed by atoms with E-state index in [0.717, 1.165) is 28.3 Å². The number of carbonyl (C=O) groups is 1. The van der Waals surface area contributed by atoms with Gasteiger partial charge in [-0.2, -0.15) is 5.10 Å². The number of benzene rings is 2. The fourth-order valence-electron chi connectivity index (χ4n) is 2.43. The minimum absolute atomic E-state index is 0.277. The Labute approximate surface area is 171 Å². The molecule has 1 N–H and O–H groups in total. The van der Waals surface area contributed by atoms with Crippen LogP contribution >= 0.6 is 0 Å². The fraction of sp³-hybridized carbons (Fsp3) is 0.300.